The molecule has 0 fully saturated rings. The van der Waals surface area contributed by atoms with E-state index >= 15 is 0 Å². The third-order valence-electron chi connectivity index (χ3n) is 4.72. The SMILES string of the molecule is CC.CC1=CC(C2C=CC(CCNC(CC(C)C)C(=O)O)=CC2)=CC(Cl)C1.COO.NC=O. The van der Waals surface area contributed by atoms with Crippen molar-refractivity contribution in [2.75, 3.05) is 13.7 Å². The normalized spacial score (nSPS) is 19.7. The second-order valence-corrected chi connectivity index (χ2v) is 8.46. The highest BCUT2D eigenvalue weighted by atomic mass is 35.5. The zero-order valence-electron chi connectivity index (χ0n) is 20.9. The second kappa shape index (κ2) is 20.7. The monoisotopic (exact) mass is 486 g/mol. The number of carboxylic acid groups (broad SMARTS) is 1. The van der Waals surface area contributed by atoms with Gasteiger partial charge in [-0.05, 0) is 50.6 Å². The largest absolute Gasteiger partial charge is 0.480 e. The highest BCUT2D eigenvalue weighted by Crippen LogP contribution is 2.31. The minimum atomic E-state index is -0.760. The van der Waals surface area contributed by atoms with Gasteiger partial charge in [0.1, 0.15) is 6.04 Å². The van der Waals surface area contributed by atoms with Crippen LogP contribution in [-0.2, 0) is 14.5 Å². The van der Waals surface area contributed by atoms with E-state index in [9.17, 15) is 9.90 Å². The Bertz CT molecular complexity index is 672. The molecule has 0 aromatic heterocycles. The quantitative estimate of drug-likeness (QED) is 0.164. The van der Waals surface area contributed by atoms with E-state index in [2.05, 4.69) is 53.2 Å². The molecule has 0 bridgehead atoms. The number of aliphatic carboxylic acids is 1. The number of hydrogen-bond donors (Lipinski definition) is 4. The number of halogens is 1. The Morgan fingerprint density at radius 2 is 1.97 bits per heavy atom. The molecule has 190 valence electrons. The van der Waals surface area contributed by atoms with E-state index < -0.39 is 12.0 Å². The summed E-state index contributed by atoms with van der Waals surface area (Å²) in [5, 5.41) is 19.6. The molecular weight excluding hydrogens is 444 g/mol. The smallest absolute Gasteiger partial charge is 0.320 e. The lowest BCUT2D eigenvalue weighted by Crippen LogP contribution is -2.38. The van der Waals surface area contributed by atoms with Crippen molar-refractivity contribution in [3.63, 3.8) is 0 Å². The lowest BCUT2D eigenvalue weighted by atomic mass is 9.85. The molecule has 8 heteroatoms. The van der Waals surface area contributed by atoms with Crippen LogP contribution in [0, 0.1) is 11.8 Å². The Morgan fingerprint density at radius 1 is 1.39 bits per heavy atom. The highest BCUT2D eigenvalue weighted by molar-refractivity contribution is 6.22. The molecule has 0 aromatic rings. The van der Waals surface area contributed by atoms with Crippen molar-refractivity contribution in [2.45, 2.75) is 71.7 Å². The molecular formula is C25H43ClN2O5. The van der Waals surface area contributed by atoms with Gasteiger partial charge < -0.3 is 16.2 Å². The van der Waals surface area contributed by atoms with E-state index in [1.807, 2.05) is 27.7 Å². The van der Waals surface area contributed by atoms with Crippen LogP contribution >= 0.6 is 11.6 Å². The fourth-order valence-electron chi connectivity index (χ4n) is 3.43. The van der Waals surface area contributed by atoms with Gasteiger partial charge in [-0.15, -0.1) is 11.6 Å². The molecule has 2 aliphatic carbocycles. The average molecular weight is 487 g/mol. The maximum atomic E-state index is 11.3. The number of nitrogens with one attached hydrogen (secondary N) is 1. The van der Waals surface area contributed by atoms with Crippen molar-refractivity contribution >= 4 is 24.0 Å². The summed E-state index contributed by atoms with van der Waals surface area (Å²) in [6.45, 7) is 10.9. The Balaban J connectivity index is 0. The van der Waals surface area contributed by atoms with Gasteiger partial charge in [-0.25, -0.2) is 4.89 Å². The molecule has 33 heavy (non-hydrogen) atoms. The zero-order valence-corrected chi connectivity index (χ0v) is 21.6. The van der Waals surface area contributed by atoms with Crippen LogP contribution in [0.4, 0.5) is 0 Å². The number of carbonyl (C=O) groups is 2. The maximum absolute atomic E-state index is 11.3. The number of carboxylic acids is 1. The molecule has 7 nitrogen and oxygen atoms in total. The summed E-state index contributed by atoms with van der Waals surface area (Å²) >= 11 is 6.30. The van der Waals surface area contributed by atoms with Gasteiger partial charge in [0.2, 0.25) is 6.41 Å². The molecule has 1 amide bonds. The molecule has 2 aliphatic rings. The van der Waals surface area contributed by atoms with Crippen LogP contribution < -0.4 is 11.1 Å². The molecule has 0 saturated heterocycles. The molecule has 0 heterocycles. The van der Waals surface area contributed by atoms with Crippen molar-refractivity contribution in [3.8, 4) is 0 Å². The number of carbonyl (C=O) groups excluding carboxylic acids is 1. The van der Waals surface area contributed by atoms with E-state index in [0.29, 0.717) is 24.8 Å². The topological polar surface area (TPSA) is 122 Å². The van der Waals surface area contributed by atoms with E-state index in [4.69, 9.17) is 21.7 Å². The van der Waals surface area contributed by atoms with Crippen LogP contribution in [0.15, 0.2) is 47.1 Å². The van der Waals surface area contributed by atoms with Crippen molar-refractivity contribution < 1.29 is 24.8 Å². The van der Waals surface area contributed by atoms with Gasteiger partial charge in [0, 0.05) is 5.92 Å². The summed E-state index contributed by atoms with van der Waals surface area (Å²) in [5.74, 6) is 0.0130. The standard InChI is InChI=1S/C21H30ClNO2.C2H6.CH3NO.CH4O2/c1-14(2)10-20(21(24)25)23-9-8-16-4-6-17(7-5-16)18-11-15(3)12-19(22)13-18;1-2;2-1-3;1-3-2/h4-6,11,13-14,17,19-20,23H,7-10,12H2,1-3H3,(H,24,25);1-2H3;1H,(H2,2,3);2H,1H3. The Morgan fingerprint density at radius 3 is 2.39 bits per heavy atom. The first-order valence-corrected chi connectivity index (χ1v) is 11.8. The van der Waals surface area contributed by atoms with Crippen LogP contribution in [0.5, 0.6) is 0 Å². The number of amides is 1. The van der Waals surface area contributed by atoms with Gasteiger partial charge >= 0.3 is 5.97 Å². The highest BCUT2D eigenvalue weighted by Gasteiger charge is 2.19. The number of primary amides is 1. The van der Waals surface area contributed by atoms with Crippen LogP contribution in [-0.4, -0.2) is 47.8 Å². The predicted octanol–water partition coefficient (Wildman–Crippen LogP) is 5.09. The summed E-state index contributed by atoms with van der Waals surface area (Å²) in [5.41, 5.74) is 8.10. The summed E-state index contributed by atoms with van der Waals surface area (Å²) in [6, 6.07) is -0.456. The maximum Gasteiger partial charge on any atom is 0.320 e. The molecule has 3 unspecified atom stereocenters. The van der Waals surface area contributed by atoms with Crippen LogP contribution in [0.25, 0.3) is 0 Å². The lowest BCUT2D eigenvalue weighted by Gasteiger charge is -2.23. The number of allylic oxidation sites excluding steroid dienone is 7. The van der Waals surface area contributed by atoms with Gasteiger partial charge in [0.15, 0.2) is 0 Å². The van der Waals surface area contributed by atoms with E-state index in [1.165, 1.54) is 23.8 Å². The third kappa shape index (κ3) is 16.3. The van der Waals surface area contributed by atoms with Gasteiger partial charge in [-0.3, -0.25) is 14.8 Å². The number of alkyl halides is 1. The second-order valence-electron chi connectivity index (χ2n) is 7.90. The minimum absolute atomic E-state index is 0.108. The van der Waals surface area contributed by atoms with Crippen LogP contribution in [0.1, 0.15) is 60.3 Å². The van der Waals surface area contributed by atoms with Crippen molar-refractivity contribution in [2.24, 2.45) is 17.6 Å². The summed E-state index contributed by atoms with van der Waals surface area (Å²) < 4.78 is 0. The fourth-order valence-corrected chi connectivity index (χ4v) is 3.82. The molecule has 3 atom stereocenters. The van der Waals surface area contributed by atoms with Gasteiger partial charge in [0.25, 0.3) is 0 Å². The summed E-state index contributed by atoms with van der Waals surface area (Å²) in [6.07, 6.45) is 14.8. The molecule has 5 N–H and O–H groups in total. The molecule has 2 rings (SSSR count). The summed E-state index contributed by atoms with van der Waals surface area (Å²) in [4.78, 5) is 23.1. The number of rotatable bonds is 8. The first kappa shape index (κ1) is 33.2. The Hall–Kier alpha value is -1.93. The van der Waals surface area contributed by atoms with Gasteiger partial charge in [-0.1, -0.05) is 69.2 Å². The molecule has 0 radical (unpaired) electrons. The average Bonchev–Trinajstić information content (AvgIpc) is 2.75. The lowest BCUT2D eigenvalue weighted by molar-refractivity contribution is -0.214. The summed E-state index contributed by atoms with van der Waals surface area (Å²) in [7, 11) is 1.18. The van der Waals surface area contributed by atoms with E-state index in [-0.39, 0.29) is 11.8 Å². The first-order valence-electron chi connectivity index (χ1n) is 11.4. The van der Waals surface area contributed by atoms with Crippen LogP contribution in [0.2, 0.25) is 0 Å². The van der Waals surface area contributed by atoms with Crippen LogP contribution in [0.3, 0.4) is 0 Å². The first-order chi connectivity index (χ1) is 15.7. The third-order valence-corrected chi connectivity index (χ3v) is 5.00. The zero-order chi connectivity index (χ0) is 25.8. The van der Waals surface area contributed by atoms with Crippen molar-refractivity contribution in [1.29, 1.82) is 0 Å². The molecule has 0 spiro atoms. The number of hydrogen-bond acceptors (Lipinski definition) is 5. The van der Waals surface area contributed by atoms with Gasteiger partial charge in [0.05, 0.1) is 12.5 Å². The molecule has 0 aliphatic heterocycles. The van der Waals surface area contributed by atoms with E-state index in [1.54, 1.807) is 0 Å². The van der Waals surface area contributed by atoms with Crippen molar-refractivity contribution in [3.05, 3.63) is 47.1 Å². The van der Waals surface area contributed by atoms with Crippen molar-refractivity contribution in [1.82, 2.24) is 5.32 Å². The fraction of sp³-hybridized carbons (Fsp3) is 0.600. The van der Waals surface area contributed by atoms with Gasteiger partial charge in [-0.2, -0.15) is 0 Å². The molecule has 0 aromatic carbocycles. The Labute approximate surface area is 204 Å². The van der Waals surface area contributed by atoms with E-state index in [0.717, 1.165) is 19.3 Å². The predicted molar refractivity (Wildman–Crippen MR) is 136 cm³/mol. The minimum Gasteiger partial charge on any atom is -0.480 e. The Kier molecular flexibility index (Phi) is 20.8. The molecule has 0 saturated carbocycles. The number of nitrogens with two attached hydrogens (primary N) is 1.